The summed E-state index contributed by atoms with van der Waals surface area (Å²) < 4.78 is 1.58. The molecule has 2 unspecified atom stereocenters. The smallest absolute Gasteiger partial charge is 0.262 e. The Morgan fingerprint density at radius 3 is 2.65 bits per heavy atom. The topological polar surface area (TPSA) is 112 Å². The van der Waals surface area contributed by atoms with Crippen LogP contribution in [0.15, 0.2) is 5.70 Å². The molecule has 0 bridgehead atoms. The Labute approximate surface area is 114 Å². The predicted molar refractivity (Wildman–Crippen MR) is 65.2 cm³/mol. The highest BCUT2D eigenvalue weighted by Crippen LogP contribution is 2.50. The first-order valence-electron chi connectivity index (χ1n) is 4.05. The molecule has 90 valence electrons. The van der Waals surface area contributed by atoms with E-state index in [4.69, 9.17) is 0 Å². The van der Waals surface area contributed by atoms with Crippen LogP contribution in [0.4, 0.5) is 0 Å². The lowest BCUT2D eigenvalue weighted by atomic mass is 10.0. The number of halogens is 2. The van der Waals surface area contributed by atoms with Crippen molar-refractivity contribution in [2.24, 2.45) is 0 Å². The number of hydrogen-bond acceptors (Lipinski definition) is 7. The molecule has 0 saturated carbocycles. The van der Waals surface area contributed by atoms with E-state index in [0.29, 0.717) is 10.6 Å². The molecular formula is C6H2Br2N4O4S. The van der Waals surface area contributed by atoms with E-state index in [0.717, 1.165) is 17.6 Å². The summed E-state index contributed by atoms with van der Waals surface area (Å²) in [6.07, 6.45) is 1.12. The third-order valence-electron chi connectivity index (χ3n) is 2.21. The second-order valence-corrected chi connectivity index (χ2v) is 6.01. The molecule has 1 aromatic rings. The van der Waals surface area contributed by atoms with Gasteiger partial charge in [0, 0.05) is 22.0 Å². The van der Waals surface area contributed by atoms with E-state index < -0.39 is 24.8 Å². The van der Waals surface area contributed by atoms with Gasteiger partial charge < -0.3 is 0 Å². The second kappa shape index (κ2) is 4.07. The first kappa shape index (κ1) is 12.5. The lowest BCUT2D eigenvalue weighted by Crippen LogP contribution is -2.42. The van der Waals surface area contributed by atoms with Gasteiger partial charge in [-0.1, -0.05) is 20.4 Å². The highest BCUT2D eigenvalue weighted by Gasteiger charge is 2.62. The molecule has 0 saturated heterocycles. The van der Waals surface area contributed by atoms with Gasteiger partial charge in [-0.25, -0.2) is 0 Å². The number of rotatable bonds is 2. The van der Waals surface area contributed by atoms with Gasteiger partial charge in [0.05, 0.1) is 14.7 Å². The Morgan fingerprint density at radius 2 is 2.12 bits per heavy atom. The van der Waals surface area contributed by atoms with Crippen LogP contribution in [0.5, 0.6) is 0 Å². The van der Waals surface area contributed by atoms with Crippen molar-refractivity contribution in [1.82, 2.24) is 9.59 Å². The van der Waals surface area contributed by atoms with Crippen molar-refractivity contribution in [2.45, 2.75) is 9.28 Å². The highest BCUT2D eigenvalue weighted by molar-refractivity contribution is 9.12. The summed E-state index contributed by atoms with van der Waals surface area (Å²) >= 11 is 6.84. The molecule has 1 heterocycles. The van der Waals surface area contributed by atoms with Crippen molar-refractivity contribution in [3.05, 3.63) is 36.5 Å². The van der Waals surface area contributed by atoms with Crippen molar-refractivity contribution >= 4 is 49.5 Å². The van der Waals surface area contributed by atoms with Gasteiger partial charge in [-0.15, -0.1) is 5.10 Å². The maximum atomic E-state index is 11.1. The number of fused-ring (bicyclic) bond motifs is 1. The van der Waals surface area contributed by atoms with Gasteiger partial charge in [0.25, 0.3) is 0 Å². The molecule has 0 N–H and O–H groups in total. The molecule has 2 atom stereocenters. The van der Waals surface area contributed by atoms with E-state index in [-0.39, 0.29) is 0 Å². The maximum absolute atomic E-state index is 11.1. The Balaban J connectivity index is 2.69. The average molecular weight is 386 g/mol. The van der Waals surface area contributed by atoms with Crippen LogP contribution in [0.1, 0.15) is 15.4 Å². The minimum absolute atomic E-state index is 0.314. The van der Waals surface area contributed by atoms with E-state index >= 15 is 0 Å². The van der Waals surface area contributed by atoms with E-state index in [1.54, 1.807) is 0 Å². The lowest BCUT2D eigenvalue weighted by molar-refractivity contribution is -0.565. The minimum Gasteiger partial charge on any atom is -0.262 e. The van der Waals surface area contributed by atoms with Crippen LogP contribution < -0.4 is 0 Å². The van der Waals surface area contributed by atoms with Crippen molar-refractivity contribution in [2.75, 3.05) is 0 Å². The van der Waals surface area contributed by atoms with Crippen LogP contribution in [0, 0.1) is 20.2 Å². The van der Waals surface area contributed by atoms with Gasteiger partial charge in [-0.3, -0.25) is 20.2 Å². The SMILES string of the molecule is O=[N+]([O-])C1=Cc2snnc2C(Br)C1(Br)[N+](=O)[O-]. The molecule has 17 heavy (non-hydrogen) atoms. The zero-order valence-electron chi connectivity index (χ0n) is 7.74. The van der Waals surface area contributed by atoms with Gasteiger partial charge >= 0.3 is 10.1 Å². The van der Waals surface area contributed by atoms with Crippen LogP contribution in [0.25, 0.3) is 6.08 Å². The van der Waals surface area contributed by atoms with Gasteiger partial charge in [0.1, 0.15) is 5.69 Å². The van der Waals surface area contributed by atoms with Crippen molar-refractivity contribution in [3.63, 3.8) is 0 Å². The van der Waals surface area contributed by atoms with Crippen molar-refractivity contribution in [3.8, 4) is 0 Å². The number of alkyl halides is 2. The van der Waals surface area contributed by atoms with Crippen molar-refractivity contribution < 1.29 is 9.85 Å². The van der Waals surface area contributed by atoms with E-state index in [1.807, 2.05) is 0 Å². The highest BCUT2D eigenvalue weighted by atomic mass is 79.9. The Bertz CT molecular complexity index is 546. The third kappa shape index (κ3) is 1.68. The van der Waals surface area contributed by atoms with Gasteiger partial charge in [0.15, 0.2) is 4.83 Å². The molecule has 1 aliphatic rings. The number of aromatic nitrogens is 2. The fourth-order valence-electron chi connectivity index (χ4n) is 1.38. The quantitative estimate of drug-likeness (QED) is 0.333. The molecule has 1 aromatic heterocycles. The first-order valence-corrected chi connectivity index (χ1v) is 6.53. The average Bonchev–Trinajstić information content (AvgIpc) is 2.70. The van der Waals surface area contributed by atoms with Crippen LogP contribution in [-0.2, 0) is 0 Å². The zero-order chi connectivity index (χ0) is 12.8. The predicted octanol–water partition coefficient (Wildman–Crippen LogP) is 1.97. The molecule has 0 aromatic carbocycles. The summed E-state index contributed by atoms with van der Waals surface area (Å²) in [4.78, 5) is 19.9. The molecular weight excluding hydrogens is 384 g/mol. The Hall–Kier alpha value is -0.940. The number of nitrogens with zero attached hydrogens (tertiary/aromatic N) is 4. The lowest BCUT2D eigenvalue weighted by Gasteiger charge is -2.23. The van der Waals surface area contributed by atoms with Crippen molar-refractivity contribution in [1.29, 1.82) is 0 Å². The van der Waals surface area contributed by atoms with Crippen LogP contribution in [0.3, 0.4) is 0 Å². The molecule has 0 radical (unpaired) electrons. The first-order chi connectivity index (χ1) is 7.89. The minimum atomic E-state index is -2.04. The monoisotopic (exact) mass is 384 g/mol. The molecule has 0 fully saturated rings. The standard InChI is InChI=1S/C6H2Br2N4O4S/c7-5-4-2(17-10-9-4)1-3(11(13)14)6(5,8)12(15)16/h1,5H. The summed E-state index contributed by atoms with van der Waals surface area (Å²) in [5.74, 6) is 0. The molecule has 8 nitrogen and oxygen atoms in total. The van der Waals surface area contributed by atoms with Gasteiger partial charge in [-0.2, -0.15) is 0 Å². The van der Waals surface area contributed by atoms with E-state index in [9.17, 15) is 20.2 Å². The molecule has 11 heteroatoms. The molecule has 2 rings (SSSR count). The number of hydrogen-bond donors (Lipinski definition) is 0. The van der Waals surface area contributed by atoms with Gasteiger partial charge in [0.2, 0.25) is 0 Å². The normalized spacial score (nSPS) is 27.2. The summed E-state index contributed by atoms with van der Waals surface area (Å²) in [5.41, 5.74) is -0.239. The van der Waals surface area contributed by atoms with Crippen LogP contribution in [0.2, 0.25) is 0 Å². The fourth-order valence-corrected chi connectivity index (χ4v) is 3.38. The Morgan fingerprint density at radius 1 is 1.47 bits per heavy atom. The maximum Gasteiger partial charge on any atom is 0.379 e. The largest absolute Gasteiger partial charge is 0.379 e. The summed E-state index contributed by atoms with van der Waals surface area (Å²) in [6, 6.07) is 0. The number of nitro groups is 2. The second-order valence-electron chi connectivity index (χ2n) is 3.10. The zero-order valence-corrected chi connectivity index (χ0v) is 11.7. The summed E-state index contributed by atoms with van der Waals surface area (Å²) in [7, 11) is 0. The summed E-state index contributed by atoms with van der Waals surface area (Å²) in [5, 5.41) is 25.7. The van der Waals surface area contributed by atoms with Crippen LogP contribution >= 0.6 is 43.4 Å². The van der Waals surface area contributed by atoms with Crippen LogP contribution in [-0.4, -0.2) is 23.9 Å². The molecule has 0 spiro atoms. The molecule has 0 amide bonds. The van der Waals surface area contributed by atoms with Gasteiger partial charge in [-0.05, 0) is 11.5 Å². The fraction of sp³-hybridized carbons (Fsp3) is 0.333. The van der Waals surface area contributed by atoms with E-state index in [1.165, 1.54) is 0 Å². The molecule has 1 aliphatic carbocycles. The molecule has 0 aliphatic heterocycles. The third-order valence-corrected chi connectivity index (χ3v) is 5.76. The summed E-state index contributed by atoms with van der Waals surface area (Å²) in [6.45, 7) is 0. The van der Waals surface area contributed by atoms with E-state index in [2.05, 4.69) is 41.4 Å². The Kier molecular flexibility index (Phi) is 2.99.